The zero-order valence-electron chi connectivity index (χ0n) is 9.25. The highest BCUT2D eigenvalue weighted by atomic mass is 28.3. The van der Waals surface area contributed by atoms with Crippen molar-refractivity contribution in [2.24, 2.45) is 5.73 Å². The van der Waals surface area contributed by atoms with E-state index in [9.17, 15) is 0 Å². The Morgan fingerprint density at radius 2 is 1.62 bits per heavy atom. The van der Waals surface area contributed by atoms with E-state index in [1.807, 2.05) is 0 Å². The van der Waals surface area contributed by atoms with Gasteiger partial charge in [0.1, 0.15) is 0 Å². The van der Waals surface area contributed by atoms with Crippen LogP contribution in [0.5, 0.6) is 0 Å². The third-order valence-electron chi connectivity index (χ3n) is 2.31. The Morgan fingerprint density at radius 3 is 1.85 bits per heavy atom. The Labute approximate surface area is 83.2 Å². The van der Waals surface area contributed by atoms with Gasteiger partial charge in [0.2, 0.25) is 0 Å². The van der Waals surface area contributed by atoms with Crippen molar-refractivity contribution in [1.82, 2.24) is 6.15 Å². The van der Waals surface area contributed by atoms with Crippen LogP contribution in [0, 0.1) is 0 Å². The first kappa shape index (κ1) is 15.5. The monoisotopic (exact) mass is 208 g/mol. The normalized spacial score (nSPS) is 15.2. The molecular weight excluding hydrogens is 184 g/mol. The lowest BCUT2D eigenvalue weighted by Gasteiger charge is -2.26. The highest BCUT2D eigenvalue weighted by molar-refractivity contribution is 6.46. The van der Waals surface area contributed by atoms with Gasteiger partial charge in [0, 0.05) is 25.8 Å². The molecule has 0 amide bonds. The van der Waals surface area contributed by atoms with Gasteiger partial charge in [-0.25, -0.2) is 0 Å². The molecule has 0 aliphatic heterocycles. The highest BCUT2D eigenvalue weighted by Gasteiger charge is 2.27. The number of hydrogen-bond donors (Lipinski definition) is 2. The van der Waals surface area contributed by atoms with Crippen LogP contribution in [0.25, 0.3) is 0 Å². The minimum Gasteiger partial charge on any atom is -0.400 e. The third kappa shape index (κ3) is 4.73. The van der Waals surface area contributed by atoms with Gasteiger partial charge in [-0.2, -0.15) is 0 Å². The summed E-state index contributed by atoms with van der Waals surface area (Å²) >= 11 is 0. The van der Waals surface area contributed by atoms with Crippen LogP contribution in [0.3, 0.4) is 0 Å². The van der Waals surface area contributed by atoms with Crippen molar-refractivity contribution in [2.45, 2.75) is 38.3 Å². The van der Waals surface area contributed by atoms with Crippen molar-refractivity contribution in [3.63, 3.8) is 0 Å². The van der Waals surface area contributed by atoms with Gasteiger partial charge in [-0.3, -0.25) is 0 Å². The first-order chi connectivity index (χ1) is 5.71. The maximum atomic E-state index is 5.95. The van der Waals surface area contributed by atoms with Crippen LogP contribution in [0.1, 0.15) is 26.7 Å². The van der Waals surface area contributed by atoms with E-state index in [-0.39, 0.29) is 12.2 Å². The van der Waals surface area contributed by atoms with Crippen LogP contribution in [0.2, 0.25) is 5.54 Å². The first-order valence-corrected chi connectivity index (χ1v) is 6.13. The summed E-state index contributed by atoms with van der Waals surface area (Å²) in [6.07, 6.45) is 2.04. The summed E-state index contributed by atoms with van der Waals surface area (Å²) in [5.41, 5.74) is 6.39. The second-order valence-electron chi connectivity index (χ2n) is 2.98. The maximum Gasteiger partial charge on any atom is 0.325 e. The minimum absolute atomic E-state index is 0. The molecule has 5 N–H and O–H groups in total. The zero-order chi connectivity index (χ0) is 9.56. The second-order valence-corrected chi connectivity index (χ2v) is 5.52. The number of nitrogens with two attached hydrogens (primary N) is 1. The lowest BCUT2D eigenvalue weighted by Crippen LogP contribution is -2.38. The Kier molecular flexibility index (Phi) is 10.3. The van der Waals surface area contributed by atoms with Crippen molar-refractivity contribution in [2.75, 3.05) is 14.2 Å². The standard InChI is InChI=1S/C8H21NO2Si.H3N/c1-5-7(9)8(6-2)12(10-3)11-4;/h7-8,12H,5-6,9H2,1-4H3;1H3. The average Bonchev–Trinajstić information content (AvgIpc) is 2.12. The number of rotatable bonds is 6. The molecule has 13 heavy (non-hydrogen) atoms. The Bertz CT molecular complexity index is 112. The van der Waals surface area contributed by atoms with Gasteiger partial charge < -0.3 is 20.7 Å². The van der Waals surface area contributed by atoms with Crippen molar-refractivity contribution in [3.8, 4) is 0 Å². The van der Waals surface area contributed by atoms with Gasteiger partial charge in [-0.05, 0) is 6.42 Å². The van der Waals surface area contributed by atoms with Crippen LogP contribution >= 0.6 is 0 Å². The molecule has 0 fully saturated rings. The molecule has 0 aliphatic rings. The maximum absolute atomic E-state index is 5.95. The SMILES string of the molecule is CCC(N)C(CC)[SiH](OC)OC.N. The van der Waals surface area contributed by atoms with Gasteiger partial charge >= 0.3 is 9.28 Å². The van der Waals surface area contributed by atoms with Crippen molar-refractivity contribution in [1.29, 1.82) is 0 Å². The van der Waals surface area contributed by atoms with Gasteiger partial charge in [-0.15, -0.1) is 0 Å². The lowest BCUT2D eigenvalue weighted by atomic mass is 10.1. The van der Waals surface area contributed by atoms with Crippen LogP contribution in [0.15, 0.2) is 0 Å². The molecule has 0 saturated heterocycles. The molecule has 2 unspecified atom stereocenters. The first-order valence-electron chi connectivity index (χ1n) is 4.52. The lowest BCUT2D eigenvalue weighted by molar-refractivity contribution is 0.256. The summed E-state index contributed by atoms with van der Waals surface area (Å²) in [6, 6.07) is 0.228. The molecule has 4 nitrogen and oxygen atoms in total. The van der Waals surface area contributed by atoms with Crippen LogP contribution in [0.4, 0.5) is 0 Å². The second kappa shape index (κ2) is 8.65. The molecule has 2 atom stereocenters. The molecule has 0 rings (SSSR count). The summed E-state index contributed by atoms with van der Waals surface area (Å²) < 4.78 is 10.6. The topological polar surface area (TPSA) is 79.5 Å². The van der Waals surface area contributed by atoms with E-state index in [2.05, 4.69) is 13.8 Å². The molecule has 0 heterocycles. The molecule has 82 valence electrons. The predicted molar refractivity (Wildman–Crippen MR) is 58.5 cm³/mol. The average molecular weight is 208 g/mol. The summed E-state index contributed by atoms with van der Waals surface area (Å²) in [4.78, 5) is 0. The largest absolute Gasteiger partial charge is 0.400 e. The van der Waals surface area contributed by atoms with E-state index < -0.39 is 9.28 Å². The van der Waals surface area contributed by atoms with Crippen molar-refractivity contribution < 1.29 is 8.85 Å². The quantitative estimate of drug-likeness (QED) is 0.642. The van der Waals surface area contributed by atoms with Crippen molar-refractivity contribution >= 4 is 9.28 Å². The molecular formula is C8H24N2O2Si. The van der Waals surface area contributed by atoms with Gasteiger partial charge in [0.05, 0.1) is 0 Å². The van der Waals surface area contributed by atoms with Crippen LogP contribution in [-0.4, -0.2) is 29.5 Å². The Morgan fingerprint density at radius 1 is 1.15 bits per heavy atom. The van der Waals surface area contributed by atoms with Crippen LogP contribution in [-0.2, 0) is 8.85 Å². The molecule has 0 aromatic rings. The zero-order valence-corrected chi connectivity index (χ0v) is 10.4. The minimum atomic E-state index is -1.51. The van der Waals surface area contributed by atoms with Crippen molar-refractivity contribution in [3.05, 3.63) is 0 Å². The fourth-order valence-corrected chi connectivity index (χ4v) is 3.40. The van der Waals surface area contributed by atoms with E-state index in [1.165, 1.54) is 0 Å². The molecule has 0 aliphatic carbocycles. The van der Waals surface area contributed by atoms with Gasteiger partial charge in [0.15, 0.2) is 0 Å². The summed E-state index contributed by atoms with van der Waals surface area (Å²) in [5, 5.41) is 0. The molecule has 0 aromatic heterocycles. The molecule has 0 saturated carbocycles. The van der Waals surface area contributed by atoms with Crippen LogP contribution < -0.4 is 11.9 Å². The van der Waals surface area contributed by atoms with E-state index in [0.29, 0.717) is 5.54 Å². The molecule has 0 radical (unpaired) electrons. The van der Waals surface area contributed by atoms with Gasteiger partial charge in [-0.1, -0.05) is 20.3 Å². The van der Waals surface area contributed by atoms with E-state index in [0.717, 1.165) is 12.8 Å². The van der Waals surface area contributed by atoms with E-state index in [4.69, 9.17) is 14.6 Å². The van der Waals surface area contributed by atoms with Gasteiger partial charge in [0.25, 0.3) is 0 Å². The Balaban J connectivity index is 0. The number of hydrogen-bond acceptors (Lipinski definition) is 4. The Hall–Kier alpha value is 0.0569. The molecule has 5 heteroatoms. The predicted octanol–water partition coefficient (Wildman–Crippen LogP) is 1.18. The smallest absolute Gasteiger partial charge is 0.325 e. The molecule has 0 bridgehead atoms. The summed E-state index contributed by atoms with van der Waals surface area (Å²) in [5.74, 6) is 0. The fourth-order valence-electron chi connectivity index (χ4n) is 1.45. The van der Waals surface area contributed by atoms with E-state index in [1.54, 1.807) is 14.2 Å². The summed E-state index contributed by atoms with van der Waals surface area (Å²) in [7, 11) is 1.92. The fraction of sp³-hybridized carbons (Fsp3) is 1.00. The summed E-state index contributed by atoms with van der Waals surface area (Å²) in [6.45, 7) is 4.24. The molecule has 0 aromatic carbocycles. The third-order valence-corrected chi connectivity index (χ3v) is 4.90. The highest BCUT2D eigenvalue weighted by Crippen LogP contribution is 2.21. The molecule has 0 spiro atoms. The van der Waals surface area contributed by atoms with E-state index >= 15 is 0 Å².